The number of morpholine rings is 1. The van der Waals surface area contributed by atoms with E-state index in [-0.39, 0.29) is 38.0 Å². The molecule has 0 spiro atoms. The van der Waals surface area contributed by atoms with Gasteiger partial charge in [-0.2, -0.15) is 0 Å². The molecule has 50 heavy (non-hydrogen) atoms. The molecule has 0 radical (unpaired) electrons. The highest BCUT2D eigenvalue weighted by molar-refractivity contribution is 5.91. The van der Waals surface area contributed by atoms with Gasteiger partial charge in [0.05, 0.1) is 59.1 Å². The number of anilines is 1. The second kappa shape index (κ2) is 19.0. The summed E-state index contributed by atoms with van der Waals surface area (Å²) < 4.78 is 21.2. The third-order valence-electron chi connectivity index (χ3n) is 8.28. The number of carbonyl (C=O) groups excluding carboxylic acids is 3. The van der Waals surface area contributed by atoms with Gasteiger partial charge in [0, 0.05) is 39.3 Å². The molecule has 0 bridgehead atoms. The molecule has 268 valence electrons. The maximum absolute atomic E-state index is 13.6. The number of amides is 4. The molecule has 1 heterocycles. The Kier molecular flexibility index (Phi) is 14.2. The first-order valence-corrected chi connectivity index (χ1v) is 16.3. The Labute approximate surface area is 291 Å². The van der Waals surface area contributed by atoms with Crippen molar-refractivity contribution < 1.29 is 43.2 Å². The first kappa shape index (κ1) is 37.5. The second-order valence-electron chi connectivity index (χ2n) is 11.6. The van der Waals surface area contributed by atoms with E-state index in [4.69, 9.17) is 18.9 Å². The molecule has 14 nitrogen and oxygen atoms in total. The number of carbonyl (C=O) groups is 4. The molecule has 1 unspecified atom stereocenters. The van der Waals surface area contributed by atoms with E-state index in [2.05, 4.69) is 20.9 Å². The number of carboxylic acids is 1. The predicted molar refractivity (Wildman–Crippen MR) is 186 cm³/mol. The number of benzene rings is 3. The van der Waals surface area contributed by atoms with E-state index >= 15 is 0 Å². The fourth-order valence-corrected chi connectivity index (χ4v) is 5.40. The molecule has 1 fully saturated rings. The number of nitrogens with zero attached hydrogens (tertiary/aromatic N) is 2. The smallest absolute Gasteiger partial charge is 0.319 e. The molecule has 14 heteroatoms. The van der Waals surface area contributed by atoms with E-state index in [1.165, 1.54) is 26.2 Å². The highest BCUT2D eigenvalue weighted by atomic mass is 16.5. The largest absolute Gasteiger partial charge is 0.495 e. The SMILES string of the molecule is COc1ccccc1NC(=O)NCc1ccc(CC(=O)N(CCN2CCOCC2)CC(=O)NCC(C(=O)O)c2ccc(OC)c(OC)c2)cc1. The number of aliphatic carboxylic acids is 1. The van der Waals surface area contributed by atoms with Crippen molar-refractivity contribution in [2.45, 2.75) is 18.9 Å². The Morgan fingerprint density at radius 3 is 2.22 bits per heavy atom. The Morgan fingerprint density at radius 2 is 1.54 bits per heavy atom. The molecule has 1 aliphatic heterocycles. The van der Waals surface area contributed by atoms with Gasteiger partial charge in [-0.25, -0.2) is 4.79 Å². The van der Waals surface area contributed by atoms with Crippen molar-refractivity contribution >= 4 is 29.5 Å². The quantitative estimate of drug-likeness (QED) is 0.165. The number of hydrogen-bond acceptors (Lipinski definition) is 9. The lowest BCUT2D eigenvalue weighted by molar-refractivity contribution is -0.139. The predicted octanol–water partition coefficient (Wildman–Crippen LogP) is 2.72. The van der Waals surface area contributed by atoms with Crippen molar-refractivity contribution in [2.24, 2.45) is 0 Å². The van der Waals surface area contributed by atoms with E-state index < -0.39 is 17.8 Å². The molecule has 0 saturated carbocycles. The van der Waals surface area contributed by atoms with E-state index in [0.717, 1.165) is 24.2 Å². The number of methoxy groups -OCH3 is 3. The summed E-state index contributed by atoms with van der Waals surface area (Å²) in [4.78, 5) is 54.9. The lowest BCUT2D eigenvalue weighted by atomic mass is 9.98. The van der Waals surface area contributed by atoms with Gasteiger partial charge in [0.2, 0.25) is 11.8 Å². The van der Waals surface area contributed by atoms with Crippen LogP contribution < -0.4 is 30.2 Å². The number of ether oxygens (including phenoxy) is 4. The summed E-state index contributed by atoms with van der Waals surface area (Å²) in [5.41, 5.74) is 2.56. The third kappa shape index (κ3) is 11.1. The van der Waals surface area contributed by atoms with Gasteiger partial charge >= 0.3 is 12.0 Å². The van der Waals surface area contributed by atoms with Crippen LogP contribution in [0.4, 0.5) is 10.5 Å². The van der Waals surface area contributed by atoms with Gasteiger partial charge in [0.15, 0.2) is 11.5 Å². The van der Waals surface area contributed by atoms with Crippen LogP contribution in [0, 0.1) is 0 Å². The first-order valence-electron chi connectivity index (χ1n) is 16.3. The number of rotatable bonds is 17. The zero-order valence-corrected chi connectivity index (χ0v) is 28.6. The number of nitrogens with one attached hydrogen (secondary N) is 3. The summed E-state index contributed by atoms with van der Waals surface area (Å²) in [7, 11) is 4.47. The Morgan fingerprint density at radius 1 is 0.860 bits per heavy atom. The van der Waals surface area contributed by atoms with Crippen LogP contribution >= 0.6 is 0 Å². The van der Waals surface area contributed by atoms with Gasteiger partial charge in [-0.1, -0.05) is 42.5 Å². The summed E-state index contributed by atoms with van der Waals surface area (Å²) in [5, 5.41) is 18.2. The summed E-state index contributed by atoms with van der Waals surface area (Å²) >= 11 is 0. The highest BCUT2D eigenvalue weighted by Crippen LogP contribution is 2.30. The zero-order valence-electron chi connectivity index (χ0n) is 28.6. The summed E-state index contributed by atoms with van der Waals surface area (Å²) in [6.45, 7) is 3.39. The normalized spacial score (nSPS) is 13.4. The molecule has 4 amide bonds. The summed E-state index contributed by atoms with van der Waals surface area (Å²) in [6, 6.07) is 18.8. The van der Waals surface area contributed by atoms with Crippen LogP contribution in [-0.4, -0.2) is 113 Å². The maximum Gasteiger partial charge on any atom is 0.319 e. The number of urea groups is 1. The van der Waals surface area contributed by atoms with Crippen molar-refractivity contribution in [1.82, 2.24) is 20.4 Å². The average molecular weight is 692 g/mol. The molecule has 3 aromatic rings. The van der Waals surface area contributed by atoms with E-state index in [9.17, 15) is 24.3 Å². The topological polar surface area (TPSA) is 168 Å². The van der Waals surface area contributed by atoms with Crippen molar-refractivity contribution in [1.29, 1.82) is 0 Å². The van der Waals surface area contributed by atoms with Crippen LogP contribution in [0.15, 0.2) is 66.7 Å². The summed E-state index contributed by atoms with van der Waals surface area (Å²) in [5.74, 6) is -1.50. The fourth-order valence-electron chi connectivity index (χ4n) is 5.40. The molecule has 1 saturated heterocycles. The fraction of sp³-hybridized carbons (Fsp3) is 0.389. The molecule has 1 atom stereocenters. The number of carboxylic acid groups (broad SMARTS) is 1. The Bertz CT molecular complexity index is 1600. The van der Waals surface area contributed by atoms with Gasteiger partial charge < -0.3 is 44.9 Å². The van der Waals surface area contributed by atoms with E-state index in [0.29, 0.717) is 54.8 Å². The van der Waals surface area contributed by atoms with Gasteiger partial charge in [-0.15, -0.1) is 0 Å². The van der Waals surface area contributed by atoms with Crippen LogP contribution in [0.5, 0.6) is 17.2 Å². The third-order valence-corrected chi connectivity index (χ3v) is 8.28. The molecule has 3 aromatic carbocycles. The van der Waals surface area contributed by atoms with Gasteiger partial charge in [-0.3, -0.25) is 19.3 Å². The minimum Gasteiger partial charge on any atom is -0.495 e. The molecule has 1 aliphatic rings. The molecule has 4 rings (SSSR count). The van der Waals surface area contributed by atoms with Gasteiger partial charge in [0.25, 0.3) is 0 Å². The van der Waals surface area contributed by atoms with Crippen LogP contribution in [0.25, 0.3) is 0 Å². The molecule has 0 aliphatic carbocycles. The molecule has 4 N–H and O–H groups in total. The molecular weight excluding hydrogens is 646 g/mol. The lowest BCUT2D eigenvalue weighted by Gasteiger charge is -2.30. The van der Waals surface area contributed by atoms with E-state index in [1.54, 1.807) is 36.4 Å². The number of hydrogen-bond donors (Lipinski definition) is 4. The average Bonchev–Trinajstić information content (AvgIpc) is 3.13. The highest BCUT2D eigenvalue weighted by Gasteiger charge is 2.24. The van der Waals surface area contributed by atoms with Crippen molar-refractivity contribution in [3.05, 3.63) is 83.4 Å². The monoisotopic (exact) mass is 691 g/mol. The van der Waals surface area contributed by atoms with E-state index in [1.807, 2.05) is 30.3 Å². The second-order valence-corrected chi connectivity index (χ2v) is 11.6. The van der Waals surface area contributed by atoms with Gasteiger partial charge in [-0.05, 0) is 41.0 Å². The maximum atomic E-state index is 13.6. The van der Waals surface area contributed by atoms with Crippen LogP contribution in [0.1, 0.15) is 22.6 Å². The molecular formula is C36H45N5O9. The van der Waals surface area contributed by atoms with Crippen LogP contribution in [-0.2, 0) is 32.1 Å². The summed E-state index contributed by atoms with van der Waals surface area (Å²) in [6.07, 6.45) is 0.0573. The van der Waals surface area contributed by atoms with Crippen molar-refractivity contribution in [3.8, 4) is 17.2 Å². The standard InChI is InChI=1S/C36H45N5O9/c1-47-30-7-5-4-6-29(30)39-36(46)38-22-26-10-8-25(9-11-26)20-34(43)41(15-14-40-16-18-50-19-17-40)24-33(42)37-23-28(35(44)45)27-12-13-31(48-2)32(21-27)49-3/h4-13,21,28H,14-20,22-24H2,1-3H3,(H,37,42)(H,44,45)(H2,38,39,46). The first-order chi connectivity index (χ1) is 24.2. The van der Waals surface area contributed by atoms with Crippen LogP contribution in [0.2, 0.25) is 0 Å². The van der Waals surface area contributed by atoms with Crippen molar-refractivity contribution in [3.63, 3.8) is 0 Å². The van der Waals surface area contributed by atoms with Gasteiger partial charge in [0.1, 0.15) is 5.75 Å². The Balaban J connectivity index is 1.35. The Hall–Kier alpha value is -5.34. The zero-order chi connectivity index (χ0) is 35.9. The minimum atomic E-state index is -1.12. The van der Waals surface area contributed by atoms with Crippen LogP contribution in [0.3, 0.4) is 0 Å². The molecule has 0 aromatic heterocycles. The van der Waals surface area contributed by atoms with Crippen molar-refractivity contribution in [2.75, 3.05) is 79.1 Å². The lowest BCUT2D eigenvalue weighted by Crippen LogP contribution is -2.47. The number of para-hydroxylation sites is 2. The minimum absolute atomic E-state index is 0.0573.